The third-order valence-corrected chi connectivity index (χ3v) is 11.0. The van der Waals surface area contributed by atoms with Crippen molar-refractivity contribution < 1.29 is 36.6 Å². The average Bonchev–Trinajstić information content (AvgIpc) is 3.29. The maximum Gasteiger partial charge on any atom is 0.415 e. The topological polar surface area (TPSA) is 125 Å². The summed E-state index contributed by atoms with van der Waals surface area (Å²) in [4.78, 5) is 19.7. The van der Waals surface area contributed by atoms with Crippen LogP contribution in [0.25, 0.3) is 0 Å². The van der Waals surface area contributed by atoms with Crippen molar-refractivity contribution in [2.75, 3.05) is 62.3 Å². The molecule has 0 spiro atoms. The molecule has 15 heteroatoms. The number of carbonyl (C=O) groups is 1. The molecule has 1 saturated carbocycles. The number of sulfonamides is 1. The number of halogens is 3. The number of fused-ring (bicyclic) bond motifs is 4. The molecule has 1 aliphatic carbocycles. The Labute approximate surface area is 240 Å². The van der Waals surface area contributed by atoms with E-state index in [0.717, 1.165) is 0 Å². The van der Waals surface area contributed by atoms with Crippen LogP contribution in [0.4, 0.5) is 25.1 Å². The summed E-state index contributed by atoms with van der Waals surface area (Å²) in [5.74, 6) is -3.29. The first-order chi connectivity index (χ1) is 19.6. The highest BCUT2D eigenvalue weighted by molar-refractivity contribution is 7.89. The van der Waals surface area contributed by atoms with Crippen molar-refractivity contribution in [1.29, 1.82) is 0 Å². The van der Waals surface area contributed by atoms with Gasteiger partial charge in [-0.25, -0.2) is 27.0 Å². The second-order valence-electron chi connectivity index (χ2n) is 11.0. The summed E-state index contributed by atoms with van der Waals surface area (Å²) in [5, 5.41) is 12.6. The van der Waals surface area contributed by atoms with Crippen LogP contribution in [0.5, 0.6) is 5.75 Å². The average molecular weight is 612 g/mol. The van der Waals surface area contributed by atoms with E-state index < -0.39 is 40.1 Å². The highest BCUT2D eigenvalue weighted by Gasteiger charge is 2.65. The Morgan fingerprint density at radius 3 is 2.56 bits per heavy atom. The number of ether oxygens (including phenoxy) is 2. The number of piperazine rings is 1. The normalized spacial score (nSPS) is 29.5. The van der Waals surface area contributed by atoms with Crippen molar-refractivity contribution >= 4 is 39.2 Å². The van der Waals surface area contributed by atoms with Gasteiger partial charge in [0, 0.05) is 43.7 Å². The lowest BCUT2D eigenvalue weighted by Crippen LogP contribution is -2.49. The summed E-state index contributed by atoms with van der Waals surface area (Å²) in [5.41, 5.74) is 0.210. The number of hydrogen-bond acceptors (Lipinski definition) is 9. The predicted molar refractivity (Wildman–Crippen MR) is 143 cm³/mol. The Bertz CT molecular complexity index is 1500. The summed E-state index contributed by atoms with van der Waals surface area (Å²) in [7, 11) is -3.92. The second-order valence-corrected chi connectivity index (χ2v) is 13.4. The van der Waals surface area contributed by atoms with Gasteiger partial charge in [-0.05, 0) is 49.2 Å². The number of benzene rings is 1. The predicted octanol–water partition coefficient (Wildman–Crippen LogP) is 1.88. The number of aliphatic hydroxyl groups excluding tert-OH is 1. The van der Waals surface area contributed by atoms with E-state index in [1.54, 1.807) is 4.90 Å². The van der Waals surface area contributed by atoms with E-state index in [1.165, 1.54) is 39.5 Å². The van der Waals surface area contributed by atoms with Crippen molar-refractivity contribution in [2.24, 2.45) is 17.8 Å². The number of aliphatic hydroxyl groups is 1. The highest BCUT2D eigenvalue weighted by Crippen LogP contribution is 2.60. The summed E-state index contributed by atoms with van der Waals surface area (Å²) < 4.78 is 70.0. The van der Waals surface area contributed by atoms with E-state index in [1.807, 2.05) is 0 Å². The fourth-order valence-corrected chi connectivity index (χ4v) is 8.26. The fraction of sp³-hybridized carbons (Fsp3) is 0.538. The number of piperidine rings is 1. The van der Waals surface area contributed by atoms with Crippen LogP contribution in [0.1, 0.15) is 5.56 Å². The van der Waals surface area contributed by atoms with Gasteiger partial charge in [-0.1, -0.05) is 11.6 Å². The van der Waals surface area contributed by atoms with E-state index in [4.69, 9.17) is 21.1 Å². The van der Waals surface area contributed by atoms with Gasteiger partial charge in [0.15, 0.2) is 6.10 Å². The minimum absolute atomic E-state index is 0.00158. The molecule has 4 aliphatic heterocycles. The van der Waals surface area contributed by atoms with Crippen LogP contribution in [0.2, 0.25) is 5.15 Å². The summed E-state index contributed by atoms with van der Waals surface area (Å²) in [6.07, 6.45) is -1.35. The SMILES string of the molecule is O=C1O[C@@H](CO)[C@H]2COc3cc(S(=O)(=O)N4CCN(c5cc(C(F)(F)C6C7CNCC76)cc(Cl)n5)CC4)ccc3N12. The van der Waals surface area contributed by atoms with Crippen LogP contribution in [-0.2, 0) is 20.7 Å². The zero-order valence-corrected chi connectivity index (χ0v) is 23.3. The van der Waals surface area contributed by atoms with E-state index in [2.05, 4.69) is 10.3 Å². The molecule has 0 bridgehead atoms. The lowest BCUT2D eigenvalue weighted by atomic mass is 10.0. The van der Waals surface area contributed by atoms with Crippen molar-refractivity contribution in [2.45, 2.75) is 23.0 Å². The van der Waals surface area contributed by atoms with E-state index in [9.17, 15) is 18.3 Å². The minimum Gasteiger partial charge on any atom is -0.489 e. The molecule has 0 radical (unpaired) electrons. The molecule has 7 rings (SSSR count). The van der Waals surface area contributed by atoms with E-state index in [0.29, 0.717) is 24.6 Å². The van der Waals surface area contributed by atoms with Gasteiger partial charge in [-0.15, -0.1) is 0 Å². The molecule has 1 amide bonds. The first-order valence-corrected chi connectivity index (χ1v) is 15.3. The Balaban J connectivity index is 1.06. The summed E-state index contributed by atoms with van der Waals surface area (Å²) in [6, 6.07) is 6.37. The lowest BCUT2D eigenvalue weighted by molar-refractivity contribution is -0.0398. The number of aromatic nitrogens is 1. The van der Waals surface area contributed by atoms with Gasteiger partial charge in [0.2, 0.25) is 10.0 Å². The standard InChI is InChI=1S/C26H28ClF2N5O6S/c27-22-7-14(26(28,29)24-16-10-30-11-17(16)24)8-23(31-22)32-3-5-33(6-4-32)41(37,38)15-1-2-18-20(9-15)39-13-19-21(12-35)40-25(36)34(18)19/h1-2,7-9,16-17,19,21,24,30,35H,3-6,10-13H2/t16?,17?,19-,21+,24?/m1/s1. The van der Waals surface area contributed by atoms with Gasteiger partial charge in [-0.3, -0.25) is 4.90 Å². The Kier molecular flexibility index (Phi) is 6.36. The number of cyclic esters (lactones) is 1. The fourth-order valence-electron chi connectivity index (χ4n) is 6.62. The van der Waals surface area contributed by atoms with Crippen LogP contribution in [-0.4, -0.2) is 93.5 Å². The molecule has 3 saturated heterocycles. The van der Waals surface area contributed by atoms with Gasteiger partial charge in [0.05, 0.1) is 17.2 Å². The van der Waals surface area contributed by atoms with Crippen LogP contribution >= 0.6 is 11.6 Å². The molecule has 1 aromatic carbocycles. The number of hydrogen-bond donors (Lipinski definition) is 2. The maximum absolute atomic E-state index is 15.4. The molecule has 5 heterocycles. The quantitative estimate of drug-likeness (QED) is 0.471. The third kappa shape index (κ3) is 4.33. The van der Waals surface area contributed by atoms with Gasteiger partial charge >= 0.3 is 6.09 Å². The molecule has 2 aromatic rings. The van der Waals surface area contributed by atoms with Crippen LogP contribution < -0.4 is 19.9 Å². The van der Waals surface area contributed by atoms with Gasteiger partial charge in [0.1, 0.15) is 29.4 Å². The largest absolute Gasteiger partial charge is 0.489 e. The van der Waals surface area contributed by atoms with Crippen LogP contribution in [0.15, 0.2) is 35.2 Å². The molecule has 4 fully saturated rings. The van der Waals surface area contributed by atoms with Crippen molar-refractivity contribution in [1.82, 2.24) is 14.6 Å². The monoisotopic (exact) mass is 611 g/mol. The van der Waals surface area contributed by atoms with Crippen molar-refractivity contribution in [3.63, 3.8) is 0 Å². The van der Waals surface area contributed by atoms with Crippen molar-refractivity contribution in [3.8, 4) is 5.75 Å². The molecule has 11 nitrogen and oxygen atoms in total. The third-order valence-electron chi connectivity index (χ3n) is 8.87. The minimum atomic E-state index is -3.92. The zero-order valence-electron chi connectivity index (χ0n) is 21.7. The molecule has 41 heavy (non-hydrogen) atoms. The maximum atomic E-state index is 15.4. The van der Waals surface area contributed by atoms with Crippen molar-refractivity contribution in [3.05, 3.63) is 41.0 Å². The number of pyridine rings is 1. The number of nitrogens with zero attached hydrogens (tertiary/aromatic N) is 4. The highest BCUT2D eigenvalue weighted by atomic mass is 35.5. The zero-order chi connectivity index (χ0) is 28.7. The first kappa shape index (κ1) is 27.1. The first-order valence-electron chi connectivity index (χ1n) is 13.5. The van der Waals surface area contributed by atoms with Gasteiger partial charge in [-0.2, -0.15) is 4.31 Å². The van der Waals surface area contributed by atoms with Gasteiger partial charge < -0.3 is 24.8 Å². The Morgan fingerprint density at radius 1 is 1.12 bits per heavy atom. The smallest absolute Gasteiger partial charge is 0.415 e. The molecule has 4 atom stereocenters. The Morgan fingerprint density at radius 2 is 1.85 bits per heavy atom. The van der Waals surface area contributed by atoms with Crippen LogP contribution in [0.3, 0.4) is 0 Å². The number of alkyl halides is 2. The van der Waals surface area contributed by atoms with Gasteiger partial charge in [0.25, 0.3) is 5.92 Å². The molecule has 220 valence electrons. The molecule has 2 unspecified atom stereocenters. The molecular weight excluding hydrogens is 584 g/mol. The molecule has 2 N–H and O–H groups in total. The Hall–Kier alpha value is -2.78. The second kappa shape index (κ2) is 9.63. The van der Waals surface area contributed by atoms with E-state index in [-0.39, 0.29) is 72.6 Å². The molecule has 5 aliphatic rings. The number of carbonyl (C=O) groups excluding carboxylic acids is 1. The summed E-state index contributed by atoms with van der Waals surface area (Å²) >= 11 is 6.17. The summed E-state index contributed by atoms with van der Waals surface area (Å²) in [6.45, 7) is 1.59. The molecule has 1 aromatic heterocycles. The van der Waals surface area contributed by atoms with Crippen LogP contribution in [0, 0.1) is 17.8 Å². The lowest BCUT2D eigenvalue weighted by Gasteiger charge is -2.35. The number of rotatable bonds is 6. The van der Waals surface area contributed by atoms with E-state index >= 15 is 8.78 Å². The number of amides is 1. The molecular formula is C26H28ClF2N5O6S. The number of nitrogens with one attached hydrogen (secondary N) is 1. The number of anilines is 2.